The van der Waals surface area contributed by atoms with Crippen molar-refractivity contribution in [3.05, 3.63) is 83.4 Å². The van der Waals surface area contributed by atoms with Gasteiger partial charge in [-0.3, -0.25) is 9.59 Å². The first kappa shape index (κ1) is 31.3. The van der Waals surface area contributed by atoms with Crippen molar-refractivity contribution in [3.8, 4) is 28.6 Å². The van der Waals surface area contributed by atoms with Crippen LogP contribution < -0.4 is 16.4 Å². The van der Waals surface area contributed by atoms with Crippen molar-refractivity contribution in [3.63, 3.8) is 0 Å². The Morgan fingerprint density at radius 1 is 1.02 bits per heavy atom. The largest absolute Gasteiger partial charge is 0.344 e. The molecule has 1 aliphatic carbocycles. The Labute approximate surface area is 256 Å². The number of anilines is 1. The first-order valence-electron chi connectivity index (χ1n) is 14.2. The van der Waals surface area contributed by atoms with Crippen molar-refractivity contribution in [2.45, 2.75) is 45.1 Å². The predicted molar refractivity (Wildman–Crippen MR) is 167 cm³/mol. The zero-order valence-corrected chi connectivity index (χ0v) is 24.7. The van der Waals surface area contributed by atoms with E-state index in [0.717, 1.165) is 53.5 Å². The molecular weight excluding hydrogens is 564 g/mol. The molecule has 10 nitrogen and oxygen atoms in total. The number of aromatic amines is 1. The third-order valence-electron chi connectivity index (χ3n) is 8.01. The second-order valence-electron chi connectivity index (χ2n) is 10.9. The third kappa shape index (κ3) is 7.83. The molecule has 1 saturated carbocycles. The summed E-state index contributed by atoms with van der Waals surface area (Å²) in [4.78, 5) is 26.8. The molecule has 43 heavy (non-hydrogen) atoms. The molecule has 0 aliphatic heterocycles. The number of amides is 2. The van der Waals surface area contributed by atoms with Crippen LogP contribution in [0.25, 0.3) is 22.5 Å². The minimum Gasteiger partial charge on any atom is -0.344 e. The fraction of sp³-hybridized carbons (Fsp3) is 0.312. The summed E-state index contributed by atoms with van der Waals surface area (Å²) in [7, 11) is 0. The molecule has 1 aliphatic rings. The first-order valence-corrected chi connectivity index (χ1v) is 14.2. The molecule has 1 heterocycles. The Kier molecular flexibility index (Phi) is 10.6. The molecule has 1 fully saturated rings. The number of tetrazole rings is 1. The molecule has 0 bridgehead atoms. The lowest BCUT2D eigenvalue weighted by atomic mass is 9.81. The van der Waals surface area contributed by atoms with Crippen LogP contribution in [0.5, 0.6) is 0 Å². The second kappa shape index (κ2) is 14.5. The highest BCUT2D eigenvalue weighted by molar-refractivity contribution is 5.97. The van der Waals surface area contributed by atoms with Gasteiger partial charge in [0.1, 0.15) is 6.04 Å². The van der Waals surface area contributed by atoms with Gasteiger partial charge in [-0.25, -0.2) is 0 Å². The van der Waals surface area contributed by atoms with E-state index < -0.39 is 6.04 Å². The maximum Gasteiger partial charge on any atom is 0.247 e. The van der Waals surface area contributed by atoms with Crippen molar-refractivity contribution >= 4 is 29.9 Å². The van der Waals surface area contributed by atoms with Crippen LogP contribution in [0.2, 0.25) is 0 Å². The van der Waals surface area contributed by atoms with Gasteiger partial charge in [0, 0.05) is 23.6 Å². The highest BCUT2D eigenvalue weighted by atomic mass is 35.5. The topological polar surface area (TPSA) is 162 Å². The number of hydrogen-bond donors (Lipinski definition) is 4. The summed E-state index contributed by atoms with van der Waals surface area (Å²) < 4.78 is 0. The lowest BCUT2D eigenvalue weighted by molar-refractivity contribution is -0.130. The van der Waals surface area contributed by atoms with E-state index in [0.29, 0.717) is 36.0 Å². The SMILES string of the molecule is Cc1ccc(C#N)cc1-c1ccc(C[C@H](NC(=O)C2CCC(CN)CC2)C(=O)Nc2ccc(-c3nn[nH]n3)cc2)cc1.Cl. The Balaban J connectivity index is 0.00000423. The maximum absolute atomic E-state index is 13.5. The van der Waals surface area contributed by atoms with Crippen LogP contribution in [0.4, 0.5) is 5.69 Å². The van der Waals surface area contributed by atoms with Crippen LogP contribution in [0, 0.1) is 30.1 Å². The molecule has 3 aromatic carbocycles. The lowest BCUT2D eigenvalue weighted by Crippen LogP contribution is -2.48. The number of carbonyl (C=O) groups excluding carboxylic acids is 2. The van der Waals surface area contributed by atoms with Crippen molar-refractivity contribution in [1.82, 2.24) is 25.9 Å². The molecule has 0 radical (unpaired) electrons. The summed E-state index contributed by atoms with van der Waals surface area (Å²) in [6.07, 6.45) is 3.72. The average molecular weight is 599 g/mol. The van der Waals surface area contributed by atoms with Crippen molar-refractivity contribution < 1.29 is 9.59 Å². The van der Waals surface area contributed by atoms with Crippen LogP contribution in [-0.2, 0) is 16.0 Å². The standard InChI is InChI=1S/C32H34N8O2.ClH/c1-20-2-3-23(19-34)16-28(20)24-8-4-21(5-9-24)17-29(36-31(41)26-10-6-22(18-33)7-11-26)32(42)35-27-14-12-25(13-15-27)30-37-39-40-38-30;/h2-5,8-9,12-16,22,26,29H,6-7,10-11,17-18,33H2,1H3,(H,35,42)(H,36,41)(H,37,38,39,40);1H/t22?,26?,29-;/m0./s1. The molecule has 0 saturated heterocycles. The van der Waals surface area contributed by atoms with Crippen LogP contribution in [0.3, 0.4) is 0 Å². The van der Waals surface area contributed by atoms with Gasteiger partial charge in [0.05, 0.1) is 11.6 Å². The zero-order chi connectivity index (χ0) is 29.5. The second-order valence-corrected chi connectivity index (χ2v) is 10.9. The number of hydrogen-bond acceptors (Lipinski definition) is 7. The number of benzene rings is 3. The molecule has 2 amide bonds. The first-order chi connectivity index (χ1) is 20.4. The van der Waals surface area contributed by atoms with E-state index in [1.807, 2.05) is 43.3 Å². The Morgan fingerprint density at radius 3 is 2.35 bits per heavy atom. The summed E-state index contributed by atoms with van der Waals surface area (Å²) >= 11 is 0. The third-order valence-corrected chi connectivity index (χ3v) is 8.01. The number of aryl methyl sites for hydroxylation is 1. The summed E-state index contributed by atoms with van der Waals surface area (Å²) in [6.45, 7) is 2.65. The van der Waals surface area contributed by atoms with Gasteiger partial charge in [-0.1, -0.05) is 30.3 Å². The van der Waals surface area contributed by atoms with Gasteiger partial charge < -0.3 is 16.4 Å². The number of rotatable bonds is 9. The van der Waals surface area contributed by atoms with Crippen molar-refractivity contribution in [2.75, 3.05) is 11.9 Å². The quantitative estimate of drug-likeness (QED) is 0.219. The molecule has 11 heteroatoms. The van der Waals surface area contributed by atoms with Crippen molar-refractivity contribution in [1.29, 1.82) is 5.26 Å². The van der Waals surface area contributed by atoms with Crippen LogP contribution in [-0.4, -0.2) is 45.0 Å². The van der Waals surface area contributed by atoms with E-state index in [-0.39, 0.29) is 30.1 Å². The number of nitrogens with zero attached hydrogens (tertiary/aromatic N) is 4. The van der Waals surface area contributed by atoms with Gasteiger partial charge in [-0.15, -0.1) is 22.6 Å². The van der Waals surface area contributed by atoms with Gasteiger partial charge >= 0.3 is 0 Å². The maximum atomic E-state index is 13.5. The predicted octanol–water partition coefficient (Wildman–Crippen LogP) is 4.57. The molecule has 0 spiro atoms. The zero-order valence-electron chi connectivity index (χ0n) is 23.9. The van der Waals surface area contributed by atoms with Gasteiger partial charge in [0.2, 0.25) is 17.6 Å². The molecule has 222 valence electrons. The summed E-state index contributed by atoms with van der Waals surface area (Å²) in [5.74, 6) is 0.390. The number of H-pyrrole nitrogens is 1. The van der Waals surface area contributed by atoms with E-state index >= 15 is 0 Å². The molecular formula is C32H35ClN8O2. The summed E-state index contributed by atoms with van der Waals surface area (Å²) in [5.41, 5.74) is 11.7. The van der Waals surface area contributed by atoms with E-state index in [9.17, 15) is 14.9 Å². The fourth-order valence-electron chi connectivity index (χ4n) is 5.43. The lowest BCUT2D eigenvalue weighted by Gasteiger charge is -2.28. The number of carbonyl (C=O) groups is 2. The van der Waals surface area contributed by atoms with E-state index in [4.69, 9.17) is 5.73 Å². The number of nitrogens with one attached hydrogen (secondary N) is 3. The van der Waals surface area contributed by atoms with Crippen LogP contribution >= 0.6 is 12.4 Å². The number of nitrogens with two attached hydrogens (primary N) is 1. The van der Waals surface area contributed by atoms with Gasteiger partial charge in [-0.2, -0.15) is 10.5 Å². The minimum atomic E-state index is -0.767. The normalized spacial score (nSPS) is 16.8. The monoisotopic (exact) mass is 598 g/mol. The Bertz CT molecular complexity index is 1560. The molecule has 5 rings (SSSR count). The molecule has 4 aromatic rings. The highest BCUT2D eigenvalue weighted by Crippen LogP contribution is 2.29. The van der Waals surface area contributed by atoms with Crippen LogP contribution in [0.1, 0.15) is 42.4 Å². The molecule has 5 N–H and O–H groups in total. The van der Waals surface area contributed by atoms with Crippen molar-refractivity contribution in [2.24, 2.45) is 17.6 Å². The summed E-state index contributed by atoms with van der Waals surface area (Å²) in [5, 5.41) is 29.3. The van der Waals surface area contributed by atoms with Gasteiger partial charge in [0.15, 0.2) is 0 Å². The Morgan fingerprint density at radius 2 is 1.72 bits per heavy atom. The molecule has 1 atom stereocenters. The van der Waals surface area contributed by atoms with E-state index in [1.165, 1.54) is 0 Å². The number of aromatic nitrogens is 4. The molecule has 0 unspecified atom stereocenters. The fourth-order valence-corrected chi connectivity index (χ4v) is 5.43. The average Bonchev–Trinajstić information content (AvgIpc) is 3.57. The summed E-state index contributed by atoms with van der Waals surface area (Å²) in [6, 6.07) is 22.1. The van der Waals surface area contributed by atoms with E-state index in [1.54, 1.807) is 30.3 Å². The number of halogens is 1. The van der Waals surface area contributed by atoms with Gasteiger partial charge in [-0.05, 0) is 109 Å². The van der Waals surface area contributed by atoms with Gasteiger partial charge in [0.25, 0.3) is 0 Å². The highest BCUT2D eigenvalue weighted by Gasteiger charge is 2.29. The van der Waals surface area contributed by atoms with Crippen LogP contribution in [0.15, 0.2) is 66.7 Å². The van der Waals surface area contributed by atoms with E-state index in [2.05, 4.69) is 37.3 Å². The number of nitriles is 1. The molecule has 1 aromatic heterocycles. The smallest absolute Gasteiger partial charge is 0.247 e. The Hall–Kier alpha value is -4.59. The minimum absolute atomic E-state index is 0.